The number of likely N-dealkylation sites (tertiary alicyclic amines) is 1. The van der Waals surface area contributed by atoms with Crippen LogP contribution in [0.4, 0.5) is 0 Å². The van der Waals surface area contributed by atoms with Crippen LogP contribution >= 0.6 is 0 Å². The number of nitrogens with one attached hydrogen (secondary N) is 1. The van der Waals surface area contributed by atoms with E-state index in [-0.39, 0.29) is 36.2 Å². The molecule has 3 atom stereocenters. The first-order valence-corrected chi connectivity index (χ1v) is 7.70. The summed E-state index contributed by atoms with van der Waals surface area (Å²) in [5.41, 5.74) is 0. The molecule has 1 heterocycles. The van der Waals surface area contributed by atoms with Crippen LogP contribution in [-0.4, -0.2) is 47.1 Å². The Hall–Kier alpha value is -0.940. The van der Waals surface area contributed by atoms with Crippen LogP contribution in [0.2, 0.25) is 0 Å². The van der Waals surface area contributed by atoms with Gasteiger partial charge in [-0.3, -0.25) is 14.5 Å². The number of carbonyl (C=O) groups excluding carboxylic acids is 2. The lowest BCUT2D eigenvalue weighted by molar-refractivity contribution is -0.142. The molecule has 2 aliphatic rings. The van der Waals surface area contributed by atoms with Crippen LogP contribution in [0, 0.1) is 17.8 Å². The first kappa shape index (κ1) is 15.4. The molecule has 1 saturated carbocycles. The molecule has 2 N–H and O–H groups in total. The molecule has 2 amide bonds. The summed E-state index contributed by atoms with van der Waals surface area (Å²) in [6.07, 6.45) is 2.02. The third-order valence-corrected chi connectivity index (χ3v) is 4.56. The fraction of sp³-hybridized carbons (Fsp3) is 0.867. The number of imide groups is 1. The van der Waals surface area contributed by atoms with Crippen molar-refractivity contribution < 1.29 is 14.7 Å². The van der Waals surface area contributed by atoms with Gasteiger partial charge in [0.1, 0.15) is 0 Å². The minimum Gasteiger partial charge on any atom is -0.390 e. The maximum atomic E-state index is 12.3. The van der Waals surface area contributed by atoms with E-state index in [9.17, 15) is 14.7 Å². The highest BCUT2D eigenvalue weighted by molar-refractivity contribution is 6.05. The summed E-state index contributed by atoms with van der Waals surface area (Å²) in [4.78, 5) is 25.9. The number of hydrogen-bond donors (Lipinski definition) is 2. The van der Waals surface area contributed by atoms with Gasteiger partial charge in [0.05, 0.1) is 24.5 Å². The van der Waals surface area contributed by atoms with Gasteiger partial charge in [-0.15, -0.1) is 0 Å². The summed E-state index contributed by atoms with van der Waals surface area (Å²) in [6.45, 7) is 6.63. The Labute approximate surface area is 120 Å². The second-order valence-electron chi connectivity index (χ2n) is 6.46. The Morgan fingerprint density at radius 1 is 1.25 bits per heavy atom. The molecule has 2 fully saturated rings. The number of aliphatic hydroxyl groups excluding tert-OH is 1. The number of fused-ring (bicyclic) bond motifs is 1. The van der Waals surface area contributed by atoms with Crippen molar-refractivity contribution in [3.8, 4) is 0 Å². The fourth-order valence-electron chi connectivity index (χ4n) is 3.36. The topological polar surface area (TPSA) is 69.6 Å². The average molecular weight is 282 g/mol. The third kappa shape index (κ3) is 3.04. The standard InChI is InChI=1S/C15H26N2O3/c1-4-10-5-12-13(6-10)15(20)17(14(12)19)8-11(18)7-16-9(2)3/h9-13,16,18H,4-8H2,1-3H3. The molecule has 114 valence electrons. The lowest BCUT2D eigenvalue weighted by Crippen LogP contribution is -2.43. The number of amides is 2. The number of hydrogen-bond acceptors (Lipinski definition) is 4. The van der Waals surface area contributed by atoms with E-state index in [1.807, 2.05) is 13.8 Å². The van der Waals surface area contributed by atoms with E-state index >= 15 is 0 Å². The zero-order chi connectivity index (χ0) is 14.9. The maximum Gasteiger partial charge on any atom is 0.233 e. The van der Waals surface area contributed by atoms with Gasteiger partial charge >= 0.3 is 0 Å². The molecule has 5 heteroatoms. The molecule has 0 radical (unpaired) electrons. The van der Waals surface area contributed by atoms with Crippen LogP contribution in [0.25, 0.3) is 0 Å². The van der Waals surface area contributed by atoms with Crippen molar-refractivity contribution in [2.45, 2.75) is 52.2 Å². The minimum absolute atomic E-state index is 0.0699. The number of rotatable bonds is 6. The lowest BCUT2D eigenvalue weighted by Gasteiger charge is -2.21. The SMILES string of the molecule is CCC1CC2C(=O)N(CC(O)CNC(C)C)C(=O)C2C1. The third-order valence-electron chi connectivity index (χ3n) is 4.56. The van der Waals surface area contributed by atoms with Crippen LogP contribution in [0.5, 0.6) is 0 Å². The van der Waals surface area contributed by atoms with Crippen LogP contribution < -0.4 is 5.32 Å². The predicted molar refractivity (Wildman–Crippen MR) is 75.9 cm³/mol. The Morgan fingerprint density at radius 3 is 2.25 bits per heavy atom. The highest BCUT2D eigenvalue weighted by atomic mass is 16.3. The molecular formula is C15H26N2O3. The number of β-amino-alcohol motifs (C(OH)–C–C–N with tert-alkyl or cyclic N) is 1. The molecular weight excluding hydrogens is 256 g/mol. The van der Waals surface area contributed by atoms with E-state index in [0.717, 1.165) is 19.3 Å². The van der Waals surface area contributed by atoms with Crippen LogP contribution in [0.1, 0.15) is 40.0 Å². The Bertz CT molecular complexity index is 359. The van der Waals surface area contributed by atoms with Crippen molar-refractivity contribution in [3.63, 3.8) is 0 Å². The Kier molecular flexibility index (Phi) is 4.81. The summed E-state index contributed by atoms with van der Waals surface area (Å²) in [7, 11) is 0. The van der Waals surface area contributed by atoms with Crippen molar-refractivity contribution in [2.75, 3.05) is 13.1 Å². The zero-order valence-corrected chi connectivity index (χ0v) is 12.6. The van der Waals surface area contributed by atoms with Crippen molar-refractivity contribution in [1.82, 2.24) is 10.2 Å². The van der Waals surface area contributed by atoms with Gasteiger partial charge in [0.25, 0.3) is 0 Å². The van der Waals surface area contributed by atoms with Gasteiger partial charge in [-0.2, -0.15) is 0 Å². The molecule has 1 aliphatic heterocycles. The van der Waals surface area contributed by atoms with E-state index in [1.54, 1.807) is 0 Å². The Balaban J connectivity index is 1.92. The van der Waals surface area contributed by atoms with Gasteiger partial charge in [0.2, 0.25) is 11.8 Å². The van der Waals surface area contributed by atoms with Crippen LogP contribution in [0.3, 0.4) is 0 Å². The molecule has 2 rings (SSSR count). The highest BCUT2D eigenvalue weighted by Gasteiger charge is 2.52. The molecule has 0 spiro atoms. The first-order chi connectivity index (χ1) is 9.43. The summed E-state index contributed by atoms with van der Waals surface area (Å²) in [5, 5.41) is 13.1. The first-order valence-electron chi connectivity index (χ1n) is 7.70. The van der Waals surface area contributed by atoms with Gasteiger partial charge in [0, 0.05) is 12.6 Å². The zero-order valence-electron chi connectivity index (χ0n) is 12.6. The molecule has 20 heavy (non-hydrogen) atoms. The largest absolute Gasteiger partial charge is 0.390 e. The molecule has 0 aromatic heterocycles. The second-order valence-corrected chi connectivity index (χ2v) is 6.46. The van der Waals surface area contributed by atoms with E-state index in [2.05, 4.69) is 12.2 Å². The maximum absolute atomic E-state index is 12.3. The number of aliphatic hydroxyl groups is 1. The van der Waals surface area contributed by atoms with Gasteiger partial charge in [-0.1, -0.05) is 27.2 Å². The van der Waals surface area contributed by atoms with Gasteiger partial charge in [-0.05, 0) is 18.8 Å². The van der Waals surface area contributed by atoms with Crippen molar-refractivity contribution in [2.24, 2.45) is 17.8 Å². The average Bonchev–Trinajstić information content (AvgIpc) is 2.92. The van der Waals surface area contributed by atoms with Crippen LogP contribution in [-0.2, 0) is 9.59 Å². The number of carbonyl (C=O) groups is 2. The Morgan fingerprint density at radius 2 is 1.80 bits per heavy atom. The summed E-state index contributed by atoms with van der Waals surface area (Å²) >= 11 is 0. The van der Waals surface area contributed by atoms with E-state index in [1.165, 1.54) is 4.90 Å². The quantitative estimate of drug-likeness (QED) is 0.706. The summed E-state index contributed by atoms with van der Waals surface area (Å²) in [5.74, 6) is 0.113. The molecule has 0 bridgehead atoms. The molecule has 0 aromatic rings. The lowest BCUT2D eigenvalue weighted by atomic mass is 10.00. The molecule has 1 saturated heterocycles. The fourth-order valence-corrected chi connectivity index (χ4v) is 3.36. The minimum atomic E-state index is -0.689. The predicted octanol–water partition coefficient (Wildman–Crippen LogP) is 0.766. The highest BCUT2D eigenvalue weighted by Crippen LogP contribution is 2.44. The smallest absolute Gasteiger partial charge is 0.233 e. The van der Waals surface area contributed by atoms with E-state index in [0.29, 0.717) is 12.5 Å². The van der Waals surface area contributed by atoms with Crippen molar-refractivity contribution in [1.29, 1.82) is 0 Å². The second kappa shape index (κ2) is 6.22. The summed E-state index contributed by atoms with van der Waals surface area (Å²) < 4.78 is 0. The van der Waals surface area contributed by atoms with Crippen LogP contribution in [0.15, 0.2) is 0 Å². The van der Waals surface area contributed by atoms with Crippen molar-refractivity contribution in [3.05, 3.63) is 0 Å². The number of nitrogens with zero attached hydrogens (tertiary/aromatic N) is 1. The molecule has 5 nitrogen and oxygen atoms in total. The summed E-state index contributed by atoms with van der Waals surface area (Å²) in [6, 6.07) is 0.277. The van der Waals surface area contributed by atoms with E-state index in [4.69, 9.17) is 0 Å². The monoisotopic (exact) mass is 282 g/mol. The molecule has 3 unspecified atom stereocenters. The van der Waals surface area contributed by atoms with E-state index < -0.39 is 6.10 Å². The normalized spacial score (nSPS) is 31.2. The van der Waals surface area contributed by atoms with Gasteiger partial charge in [0.15, 0.2) is 0 Å². The van der Waals surface area contributed by atoms with Gasteiger partial charge in [-0.25, -0.2) is 0 Å². The van der Waals surface area contributed by atoms with Crippen molar-refractivity contribution >= 4 is 11.8 Å². The van der Waals surface area contributed by atoms with Gasteiger partial charge < -0.3 is 10.4 Å². The molecule has 0 aromatic carbocycles. The molecule has 1 aliphatic carbocycles.